The van der Waals surface area contributed by atoms with Crippen molar-refractivity contribution >= 4 is 11.9 Å². The van der Waals surface area contributed by atoms with Crippen LogP contribution in [0.1, 0.15) is 12.8 Å². The molecule has 8 heteroatoms. The summed E-state index contributed by atoms with van der Waals surface area (Å²) in [6.45, 7) is 7.29. The van der Waals surface area contributed by atoms with Crippen LogP contribution in [0.2, 0.25) is 0 Å². The number of carbonyl (C=O) groups excluding carboxylic acids is 2. The third-order valence-electron chi connectivity index (χ3n) is 2.64. The van der Waals surface area contributed by atoms with Crippen molar-refractivity contribution in [3.63, 3.8) is 0 Å². The van der Waals surface area contributed by atoms with Crippen LogP contribution in [-0.2, 0) is 28.5 Å². The fourth-order valence-corrected chi connectivity index (χ4v) is 1.42. The van der Waals surface area contributed by atoms with Gasteiger partial charge in [0.2, 0.25) is 0 Å². The molecule has 0 heterocycles. The van der Waals surface area contributed by atoms with Crippen molar-refractivity contribution in [1.82, 2.24) is 0 Å². The predicted molar refractivity (Wildman–Crippen MR) is 85.2 cm³/mol. The van der Waals surface area contributed by atoms with Crippen LogP contribution < -0.4 is 0 Å². The summed E-state index contributed by atoms with van der Waals surface area (Å²) in [5.41, 5.74) is 0. The molecule has 0 saturated heterocycles. The zero-order chi connectivity index (χ0) is 18.2. The Morgan fingerprint density at radius 2 is 1.42 bits per heavy atom. The number of esters is 2. The Bertz CT molecular complexity index is 382. The maximum atomic E-state index is 10.8. The van der Waals surface area contributed by atoms with Gasteiger partial charge in [0, 0.05) is 31.8 Å². The lowest BCUT2D eigenvalue weighted by atomic mass is 10.3. The van der Waals surface area contributed by atoms with Crippen LogP contribution >= 0.6 is 0 Å². The molecule has 0 aromatic rings. The van der Waals surface area contributed by atoms with Crippen LogP contribution in [0.25, 0.3) is 0 Å². The molecular formula is C16H26O8. The molecule has 0 aromatic carbocycles. The number of hydrogen-bond acceptors (Lipinski definition) is 8. The van der Waals surface area contributed by atoms with Crippen LogP contribution in [0, 0.1) is 0 Å². The van der Waals surface area contributed by atoms with E-state index in [1.165, 1.54) is 0 Å². The van der Waals surface area contributed by atoms with Gasteiger partial charge in [0.25, 0.3) is 0 Å². The minimum Gasteiger partial charge on any atom is -0.462 e. The molecule has 0 aliphatic rings. The highest BCUT2D eigenvalue weighted by Crippen LogP contribution is 1.97. The highest BCUT2D eigenvalue weighted by atomic mass is 16.5. The van der Waals surface area contributed by atoms with E-state index in [0.29, 0.717) is 19.4 Å². The monoisotopic (exact) mass is 346 g/mol. The summed E-state index contributed by atoms with van der Waals surface area (Å²) in [7, 11) is 0. The van der Waals surface area contributed by atoms with Gasteiger partial charge in [-0.2, -0.15) is 0 Å². The maximum Gasteiger partial charge on any atom is 0.330 e. The zero-order valence-electron chi connectivity index (χ0n) is 13.7. The molecule has 0 aromatic heterocycles. The van der Waals surface area contributed by atoms with E-state index in [0.717, 1.165) is 12.2 Å². The summed E-state index contributed by atoms with van der Waals surface area (Å²) in [5, 5.41) is 19.1. The van der Waals surface area contributed by atoms with Crippen molar-refractivity contribution in [3.8, 4) is 0 Å². The fraction of sp³-hybridized carbons (Fsp3) is 0.625. The summed E-state index contributed by atoms with van der Waals surface area (Å²) in [5.74, 6) is -1.09. The molecule has 0 bridgehead atoms. The molecule has 0 amide bonds. The lowest BCUT2D eigenvalue weighted by Gasteiger charge is -2.13. The van der Waals surface area contributed by atoms with E-state index in [9.17, 15) is 19.8 Å². The van der Waals surface area contributed by atoms with E-state index < -0.39 is 24.1 Å². The standard InChI is InChI=1S/C16H26O8/c1-3-15(19)23-8-5-7-21-10-13(17)6-9-22-11-14(18)12-24-16(20)4-2/h3-4,13-14,17-18H,1-2,5-12H2. The van der Waals surface area contributed by atoms with Crippen molar-refractivity contribution < 1.29 is 38.7 Å². The SMILES string of the molecule is C=CC(=O)OCCCOCC(O)CCOCC(O)COC(=O)C=C. The van der Waals surface area contributed by atoms with Crippen LogP contribution in [0.4, 0.5) is 0 Å². The Kier molecular flexibility index (Phi) is 13.8. The van der Waals surface area contributed by atoms with Crippen LogP contribution in [-0.4, -0.2) is 74.0 Å². The summed E-state index contributed by atoms with van der Waals surface area (Å²) >= 11 is 0. The summed E-state index contributed by atoms with van der Waals surface area (Å²) in [6.07, 6.45) is 1.33. The van der Waals surface area contributed by atoms with Crippen molar-refractivity contribution in [1.29, 1.82) is 0 Å². The molecule has 0 aliphatic heterocycles. The van der Waals surface area contributed by atoms with Gasteiger partial charge in [0.1, 0.15) is 12.7 Å². The largest absolute Gasteiger partial charge is 0.462 e. The molecule has 8 nitrogen and oxygen atoms in total. The second-order valence-electron chi connectivity index (χ2n) is 4.81. The maximum absolute atomic E-state index is 10.8. The molecule has 2 unspecified atom stereocenters. The Morgan fingerprint density at radius 1 is 0.833 bits per heavy atom. The Hall–Kier alpha value is -1.74. The second-order valence-corrected chi connectivity index (χ2v) is 4.81. The molecule has 0 spiro atoms. The third kappa shape index (κ3) is 13.9. The first-order chi connectivity index (χ1) is 11.5. The lowest BCUT2D eigenvalue weighted by molar-refractivity contribution is -0.142. The number of carbonyl (C=O) groups is 2. The topological polar surface area (TPSA) is 112 Å². The normalized spacial score (nSPS) is 12.9. The van der Waals surface area contributed by atoms with Gasteiger partial charge in [0.05, 0.1) is 25.9 Å². The quantitative estimate of drug-likeness (QED) is 0.242. The lowest BCUT2D eigenvalue weighted by Crippen LogP contribution is -2.25. The molecular weight excluding hydrogens is 320 g/mol. The molecule has 0 rings (SSSR count). The van der Waals surface area contributed by atoms with Crippen LogP contribution in [0.15, 0.2) is 25.3 Å². The van der Waals surface area contributed by atoms with E-state index in [-0.39, 0.29) is 33.0 Å². The average molecular weight is 346 g/mol. The molecule has 0 aliphatic carbocycles. The van der Waals surface area contributed by atoms with Crippen LogP contribution in [0.5, 0.6) is 0 Å². The van der Waals surface area contributed by atoms with Gasteiger partial charge in [-0.3, -0.25) is 0 Å². The molecule has 24 heavy (non-hydrogen) atoms. The Morgan fingerprint density at radius 3 is 2.08 bits per heavy atom. The highest BCUT2D eigenvalue weighted by molar-refractivity contribution is 5.81. The predicted octanol–water partition coefficient (Wildman–Crippen LogP) is -0.0200. The number of ether oxygens (including phenoxy) is 4. The van der Waals surface area contributed by atoms with Gasteiger partial charge in [-0.05, 0) is 6.42 Å². The Labute approximate surface area is 141 Å². The smallest absolute Gasteiger partial charge is 0.330 e. The summed E-state index contributed by atoms with van der Waals surface area (Å²) < 4.78 is 19.8. The number of rotatable bonds is 15. The van der Waals surface area contributed by atoms with E-state index in [4.69, 9.17) is 14.2 Å². The minimum absolute atomic E-state index is 0.00727. The van der Waals surface area contributed by atoms with Gasteiger partial charge in [-0.1, -0.05) is 13.2 Å². The fourth-order valence-electron chi connectivity index (χ4n) is 1.42. The molecule has 2 atom stereocenters. The van der Waals surface area contributed by atoms with Crippen molar-refractivity contribution in [2.45, 2.75) is 25.0 Å². The van der Waals surface area contributed by atoms with Gasteiger partial charge in [-0.15, -0.1) is 0 Å². The summed E-state index contributed by atoms with van der Waals surface area (Å²) in [4.78, 5) is 21.5. The van der Waals surface area contributed by atoms with Gasteiger partial charge >= 0.3 is 11.9 Å². The first-order valence-electron chi connectivity index (χ1n) is 7.59. The van der Waals surface area contributed by atoms with Gasteiger partial charge in [-0.25, -0.2) is 9.59 Å². The van der Waals surface area contributed by atoms with Gasteiger partial charge < -0.3 is 29.2 Å². The van der Waals surface area contributed by atoms with Crippen molar-refractivity contribution in [3.05, 3.63) is 25.3 Å². The van der Waals surface area contributed by atoms with E-state index in [1.54, 1.807) is 0 Å². The molecule has 2 N–H and O–H groups in total. The number of aliphatic hydroxyl groups is 2. The van der Waals surface area contributed by atoms with E-state index in [1.807, 2.05) is 0 Å². The van der Waals surface area contributed by atoms with E-state index in [2.05, 4.69) is 17.9 Å². The third-order valence-corrected chi connectivity index (χ3v) is 2.64. The van der Waals surface area contributed by atoms with Crippen molar-refractivity contribution in [2.24, 2.45) is 0 Å². The first kappa shape index (κ1) is 22.3. The molecule has 0 saturated carbocycles. The summed E-state index contributed by atoms with van der Waals surface area (Å²) in [6, 6.07) is 0. The Balaban J connectivity index is 3.44. The highest BCUT2D eigenvalue weighted by Gasteiger charge is 2.09. The average Bonchev–Trinajstić information content (AvgIpc) is 2.59. The first-order valence-corrected chi connectivity index (χ1v) is 7.59. The minimum atomic E-state index is -0.930. The second kappa shape index (κ2) is 14.8. The zero-order valence-corrected chi connectivity index (χ0v) is 13.7. The van der Waals surface area contributed by atoms with Crippen LogP contribution in [0.3, 0.4) is 0 Å². The molecule has 138 valence electrons. The van der Waals surface area contributed by atoms with Crippen molar-refractivity contribution in [2.75, 3.05) is 39.6 Å². The number of hydrogen-bond donors (Lipinski definition) is 2. The van der Waals surface area contributed by atoms with Gasteiger partial charge in [0.15, 0.2) is 0 Å². The molecule has 0 radical (unpaired) electrons. The number of aliphatic hydroxyl groups excluding tert-OH is 2. The van der Waals surface area contributed by atoms with E-state index >= 15 is 0 Å². The molecule has 0 fully saturated rings.